The molecule has 25 heavy (non-hydrogen) atoms. The summed E-state index contributed by atoms with van der Waals surface area (Å²) in [4.78, 5) is 31.3. The second kappa shape index (κ2) is 7.78. The molecule has 5 nitrogen and oxygen atoms in total. The van der Waals surface area contributed by atoms with Gasteiger partial charge in [0.1, 0.15) is 9.88 Å². The van der Waals surface area contributed by atoms with Gasteiger partial charge in [0.25, 0.3) is 5.91 Å². The van der Waals surface area contributed by atoms with Gasteiger partial charge in [0.15, 0.2) is 6.61 Å². The molecular formula is C19H22N2O3S. The van der Waals surface area contributed by atoms with Crippen LogP contribution in [0.2, 0.25) is 0 Å². The van der Waals surface area contributed by atoms with Crippen LogP contribution in [0, 0.1) is 12.8 Å². The zero-order chi connectivity index (χ0) is 17.8. The van der Waals surface area contributed by atoms with Crippen LogP contribution in [0.5, 0.6) is 0 Å². The fraction of sp³-hybridized carbons (Fsp3) is 0.421. The Morgan fingerprint density at radius 1 is 1.32 bits per heavy atom. The first-order valence-corrected chi connectivity index (χ1v) is 9.34. The monoisotopic (exact) mass is 358 g/mol. The van der Waals surface area contributed by atoms with Crippen molar-refractivity contribution in [2.24, 2.45) is 5.92 Å². The fourth-order valence-electron chi connectivity index (χ4n) is 2.99. The van der Waals surface area contributed by atoms with Crippen molar-refractivity contribution in [1.29, 1.82) is 0 Å². The molecule has 0 saturated carbocycles. The lowest BCUT2D eigenvalue weighted by molar-refractivity contribution is -0.136. The van der Waals surface area contributed by atoms with Gasteiger partial charge in [-0.1, -0.05) is 37.3 Å². The lowest BCUT2D eigenvalue weighted by Gasteiger charge is -2.30. The Kier molecular flexibility index (Phi) is 5.48. The Hall–Kier alpha value is -2.21. The maximum Gasteiger partial charge on any atom is 0.350 e. The van der Waals surface area contributed by atoms with E-state index in [1.165, 1.54) is 11.3 Å². The van der Waals surface area contributed by atoms with E-state index in [1.807, 2.05) is 30.3 Å². The number of carbonyl (C=O) groups is 2. The van der Waals surface area contributed by atoms with E-state index in [0.717, 1.165) is 36.5 Å². The molecule has 0 bridgehead atoms. The third-order valence-corrected chi connectivity index (χ3v) is 5.53. The van der Waals surface area contributed by atoms with Gasteiger partial charge < -0.3 is 9.64 Å². The molecule has 0 spiro atoms. The van der Waals surface area contributed by atoms with E-state index in [9.17, 15) is 9.59 Å². The minimum atomic E-state index is -0.476. The summed E-state index contributed by atoms with van der Waals surface area (Å²) in [6, 6.07) is 9.71. The molecule has 0 aliphatic carbocycles. The van der Waals surface area contributed by atoms with Crippen LogP contribution in [-0.4, -0.2) is 41.5 Å². The summed E-state index contributed by atoms with van der Waals surface area (Å²) in [7, 11) is 0. The SMILES string of the molecule is Cc1nc(-c2ccccc2)sc1C(=O)OCC(=O)N1CCC[C@H](C)C1. The molecule has 1 aliphatic rings. The van der Waals surface area contributed by atoms with E-state index in [0.29, 0.717) is 16.5 Å². The van der Waals surface area contributed by atoms with Crippen molar-refractivity contribution in [2.75, 3.05) is 19.7 Å². The molecule has 1 aromatic heterocycles. The van der Waals surface area contributed by atoms with Crippen LogP contribution in [-0.2, 0) is 9.53 Å². The second-order valence-corrected chi connectivity index (χ2v) is 7.46. The van der Waals surface area contributed by atoms with Crippen LogP contribution in [0.4, 0.5) is 0 Å². The van der Waals surface area contributed by atoms with Gasteiger partial charge in [0.05, 0.1) is 5.69 Å². The molecule has 6 heteroatoms. The summed E-state index contributed by atoms with van der Waals surface area (Å²) in [6.45, 7) is 5.21. The molecule has 1 atom stereocenters. The molecule has 1 amide bonds. The number of aromatic nitrogens is 1. The summed E-state index contributed by atoms with van der Waals surface area (Å²) >= 11 is 1.30. The Morgan fingerprint density at radius 3 is 2.80 bits per heavy atom. The van der Waals surface area contributed by atoms with E-state index in [2.05, 4.69) is 11.9 Å². The first-order chi connectivity index (χ1) is 12.0. The minimum Gasteiger partial charge on any atom is -0.451 e. The average molecular weight is 358 g/mol. The number of carbonyl (C=O) groups excluding carboxylic acids is 2. The standard InChI is InChI=1S/C19H22N2O3S/c1-13-7-6-10-21(11-13)16(22)12-24-19(23)17-14(2)20-18(25-17)15-8-4-3-5-9-15/h3-5,8-9,13H,6-7,10-12H2,1-2H3/t13-/m0/s1. The Labute approximate surface area is 151 Å². The Balaban J connectivity index is 1.62. The van der Waals surface area contributed by atoms with Crippen LogP contribution in [0.15, 0.2) is 30.3 Å². The van der Waals surface area contributed by atoms with Crippen molar-refractivity contribution in [3.63, 3.8) is 0 Å². The topological polar surface area (TPSA) is 59.5 Å². The van der Waals surface area contributed by atoms with Crippen LogP contribution >= 0.6 is 11.3 Å². The minimum absolute atomic E-state index is 0.120. The third-order valence-electron chi connectivity index (χ3n) is 4.34. The lowest BCUT2D eigenvalue weighted by Crippen LogP contribution is -2.41. The zero-order valence-corrected chi connectivity index (χ0v) is 15.3. The third kappa shape index (κ3) is 4.25. The predicted molar refractivity (Wildman–Crippen MR) is 97.5 cm³/mol. The normalized spacial score (nSPS) is 17.4. The van der Waals surface area contributed by atoms with Gasteiger partial charge >= 0.3 is 5.97 Å². The molecule has 132 valence electrons. The first-order valence-electron chi connectivity index (χ1n) is 8.52. The molecule has 2 heterocycles. The molecule has 0 unspecified atom stereocenters. The predicted octanol–water partition coefficient (Wildman–Crippen LogP) is 3.53. The van der Waals surface area contributed by atoms with Crippen LogP contribution < -0.4 is 0 Å². The Bertz CT molecular complexity index is 757. The molecule has 3 rings (SSSR count). The highest BCUT2D eigenvalue weighted by Crippen LogP contribution is 2.28. The maximum absolute atomic E-state index is 12.3. The van der Waals surface area contributed by atoms with Gasteiger partial charge in [-0.2, -0.15) is 0 Å². The van der Waals surface area contributed by atoms with Gasteiger partial charge in [0.2, 0.25) is 0 Å². The molecule has 0 radical (unpaired) electrons. The van der Waals surface area contributed by atoms with Crippen molar-refractivity contribution >= 4 is 23.2 Å². The number of benzene rings is 1. The summed E-state index contributed by atoms with van der Waals surface area (Å²) in [5.74, 6) is -0.0912. The zero-order valence-electron chi connectivity index (χ0n) is 14.5. The first kappa shape index (κ1) is 17.6. The highest BCUT2D eigenvalue weighted by atomic mass is 32.1. The van der Waals surface area contributed by atoms with Crippen molar-refractivity contribution in [1.82, 2.24) is 9.88 Å². The summed E-state index contributed by atoms with van der Waals surface area (Å²) < 4.78 is 5.25. The molecule has 1 fully saturated rings. The van der Waals surface area contributed by atoms with Crippen LogP contribution in [0.3, 0.4) is 0 Å². The maximum atomic E-state index is 12.3. The lowest BCUT2D eigenvalue weighted by atomic mass is 10.0. The molecule has 1 aliphatic heterocycles. The average Bonchev–Trinajstić information content (AvgIpc) is 3.02. The van der Waals surface area contributed by atoms with E-state index >= 15 is 0 Å². The Morgan fingerprint density at radius 2 is 2.08 bits per heavy atom. The van der Waals surface area contributed by atoms with E-state index in [-0.39, 0.29) is 12.5 Å². The number of amides is 1. The number of ether oxygens (including phenoxy) is 1. The quantitative estimate of drug-likeness (QED) is 0.785. The highest BCUT2D eigenvalue weighted by Gasteiger charge is 2.23. The molecule has 1 aromatic carbocycles. The number of hydrogen-bond acceptors (Lipinski definition) is 5. The molecule has 0 N–H and O–H groups in total. The second-order valence-electron chi connectivity index (χ2n) is 6.46. The highest BCUT2D eigenvalue weighted by molar-refractivity contribution is 7.17. The summed E-state index contributed by atoms with van der Waals surface area (Å²) in [5.41, 5.74) is 1.60. The number of likely N-dealkylation sites (tertiary alicyclic amines) is 1. The number of rotatable bonds is 4. The van der Waals surface area contributed by atoms with Gasteiger partial charge in [-0.15, -0.1) is 11.3 Å². The number of esters is 1. The smallest absolute Gasteiger partial charge is 0.350 e. The van der Waals surface area contributed by atoms with Crippen molar-refractivity contribution < 1.29 is 14.3 Å². The van der Waals surface area contributed by atoms with E-state index < -0.39 is 5.97 Å². The number of piperidine rings is 1. The van der Waals surface area contributed by atoms with Crippen molar-refractivity contribution in [3.8, 4) is 10.6 Å². The number of nitrogens with zero attached hydrogens (tertiary/aromatic N) is 2. The molecule has 1 saturated heterocycles. The fourth-order valence-corrected chi connectivity index (χ4v) is 3.96. The largest absolute Gasteiger partial charge is 0.451 e. The number of hydrogen-bond donors (Lipinski definition) is 0. The summed E-state index contributed by atoms with van der Waals surface area (Å²) in [6.07, 6.45) is 2.15. The molecular weight excluding hydrogens is 336 g/mol. The number of thiazole rings is 1. The van der Waals surface area contributed by atoms with Crippen LogP contribution in [0.1, 0.15) is 35.1 Å². The van der Waals surface area contributed by atoms with Gasteiger partial charge in [0, 0.05) is 18.7 Å². The number of aryl methyl sites for hydroxylation is 1. The van der Waals surface area contributed by atoms with E-state index in [1.54, 1.807) is 11.8 Å². The molecule has 2 aromatic rings. The summed E-state index contributed by atoms with van der Waals surface area (Å²) in [5, 5.41) is 0.779. The van der Waals surface area contributed by atoms with Gasteiger partial charge in [-0.25, -0.2) is 9.78 Å². The van der Waals surface area contributed by atoms with E-state index in [4.69, 9.17) is 4.74 Å². The van der Waals surface area contributed by atoms with Crippen molar-refractivity contribution in [2.45, 2.75) is 26.7 Å². The van der Waals surface area contributed by atoms with Crippen LogP contribution in [0.25, 0.3) is 10.6 Å². The van der Waals surface area contributed by atoms with Gasteiger partial charge in [-0.3, -0.25) is 4.79 Å². The van der Waals surface area contributed by atoms with Crippen molar-refractivity contribution in [3.05, 3.63) is 40.9 Å². The van der Waals surface area contributed by atoms with Gasteiger partial charge in [-0.05, 0) is 25.7 Å².